The maximum Gasteiger partial charge on any atom is 0.306 e. The first-order valence-corrected chi connectivity index (χ1v) is 43.8. The molecule has 34 heteroatoms. The molecule has 7 heterocycles. The van der Waals surface area contributed by atoms with E-state index in [4.69, 9.17) is 81.5 Å². The van der Waals surface area contributed by atoms with Gasteiger partial charge in [0.2, 0.25) is 0 Å². The number of anilines is 8. The zero-order valence-electron chi connectivity index (χ0n) is 73.7. The molecule has 126 heavy (non-hydrogen) atoms. The van der Waals surface area contributed by atoms with E-state index in [0.717, 1.165) is 134 Å². The van der Waals surface area contributed by atoms with E-state index >= 15 is 0 Å². The minimum absolute atomic E-state index is 0.0370. The van der Waals surface area contributed by atoms with Gasteiger partial charge in [-0.3, -0.25) is 24.0 Å². The predicted octanol–water partition coefficient (Wildman–Crippen LogP) is 19.1. The van der Waals surface area contributed by atoms with Crippen molar-refractivity contribution in [3.63, 3.8) is 0 Å². The van der Waals surface area contributed by atoms with E-state index in [1.54, 1.807) is 12.3 Å². The molecule has 3 aromatic carbocycles. The highest BCUT2D eigenvalue weighted by molar-refractivity contribution is 6.32. The van der Waals surface area contributed by atoms with Crippen LogP contribution in [0.4, 0.5) is 46.2 Å². The number of nitrogens with one attached hydrogen (secondary N) is 8. The van der Waals surface area contributed by atoms with Gasteiger partial charge in [-0.15, -0.1) is 0 Å². The number of para-hydroxylation sites is 3. The molecule has 10 aromatic rings. The Morgan fingerprint density at radius 3 is 1.17 bits per heavy atom. The Labute approximate surface area is 750 Å². The van der Waals surface area contributed by atoms with Gasteiger partial charge in [0.1, 0.15) is 63.2 Å². The zero-order chi connectivity index (χ0) is 91.5. The summed E-state index contributed by atoms with van der Waals surface area (Å²) in [5.74, 6) is 1.79. The molecule has 1 amide bonds. The molecule has 0 unspecified atom stereocenters. The van der Waals surface area contributed by atoms with Crippen LogP contribution in [-0.4, -0.2) is 131 Å². The average molecular weight is 1780 g/mol. The van der Waals surface area contributed by atoms with Gasteiger partial charge in [-0.1, -0.05) is 123 Å². The summed E-state index contributed by atoms with van der Waals surface area (Å²) in [6, 6.07) is 29.7. The Hall–Kier alpha value is -12.0. The molecule has 0 aliphatic heterocycles. The van der Waals surface area contributed by atoms with Crippen LogP contribution in [-0.2, 0) is 38.1 Å². The van der Waals surface area contributed by atoms with E-state index < -0.39 is 22.7 Å². The van der Waals surface area contributed by atoms with Gasteiger partial charge in [-0.2, -0.15) is 15.8 Å². The highest BCUT2D eigenvalue weighted by Gasteiger charge is 2.34. The Bertz CT molecular complexity index is 5460. The van der Waals surface area contributed by atoms with Gasteiger partial charge in [0.15, 0.2) is 44.7 Å². The van der Waals surface area contributed by atoms with Crippen molar-refractivity contribution in [2.45, 2.75) is 258 Å². The largest absolute Gasteiger partial charge is 0.460 e. The van der Waals surface area contributed by atoms with Crippen molar-refractivity contribution in [3.05, 3.63) is 154 Å². The van der Waals surface area contributed by atoms with E-state index in [0.29, 0.717) is 54.9 Å². The molecule has 0 radical (unpaired) electrons. The van der Waals surface area contributed by atoms with E-state index in [1.807, 2.05) is 181 Å². The molecule has 0 spiro atoms. The number of nitriles is 3. The fourth-order valence-corrected chi connectivity index (χ4v) is 15.9. The van der Waals surface area contributed by atoms with Crippen molar-refractivity contribution in [1.82, 2.24) is 54.8 Å². The summed E-state index contributed by atoms with van der Waals surface area (Å²) in [6.45, 7) is 22.6. The van der Waals surface area contributed by atoms with Crippen LogP contribution in [0.2, 0.25) is 15.5 Å². The standard InChI is InChI=1S/C25H32N6O3.C25H30N6O2.C17H23ClN4O2.C12H23NO2.C8H8N2.C5HCl2N3/c1-25(2,3)34-20(32)13-16-7-4-5-9-17(16)29-19-14-28-22(23(26)33)24(31-19)30-18-10-6-8-15-11-12-27-21(15)18;1-25(2,3)33-22(32)13-17-7-4-5-9-18(17)29-21-15-28-20(14-26)24(31-21)30-19-10-6-8-16-11-12-27-23(16)19;1-17(2,3)24-15(23)8-11-6-4-5-7-12(11)21-14-10-20-13(9-19)16(18)22-14;1-12(2,3)15-11(14)8-9-6-4-5-7-10(9)13;9-7-3-1-2-6-4-5-10-8(6)7;6-4-2-9-3(1-8)5(7)10-4/h6,8,10-12,14,16-17,27H,4-5,7,9,13H2,1-3H3,(H2,26,33)(H2,29,30,31);6,8,10-12,15,17-18,27H,4-5,7,9,13H2,1-3H3,(H2,29,30,31);10-12H,4-8H2,1-3H3,(H,21,22);9-10H,4-8,13H2,1-3H3;1-5,10H,9H2;2H/t16-,17-;17-,18-;11-,12-;9-,10-;;/m1111../s1. The first-order chi connectivity index (χ1) is 59.8. The second-order valence-corrected chi connectivity index (χ2v) is 36.7. The van der Waals surface area contributed by atoms with E-state index in [-0.39, 0.29) is 115 Å². The third-order valence-electron chi connectivity index (χ3n) is 20.9. The number of halogens is 3. The van der Waals surface area contributed by atoms with E-state index in [2.05, 4.69) is 87.5 Å². The molecule has 670 valence electrons. The molecule has 8 atom stereocenters. The quantitative estimate of drug-likeness (QED) is 0.0203. The minimum Gasteiger partial charge on any atom is -0.460 e. The van der Waals surface area contributed by atoms with Crippen molar-refractivity contribution >= 4 is 143 Å². The van der Waals surface area contributed by atoms with E-state index in [1.165, 1.54) is 36.8 Å². The number of hydrogen-bond donors (Lipinski definition) is 11. The summed E-state index contributed by atoms with van der Waals surface area (Å²) in [7, 11) is 0. The Morgan fingerprint density at radius 1 is 0.429 bits per heavy atom. The number of amides is 1. The molecule has 4 fully saturated rings. The van der Waals surface area contributed by atoms with Gasteiger partial charge in [-0.05, 0) is 195 Å². The number of ether oxygens (including phenoxy) is 4. The molecule has 4 saturated carbocycles. The smallest absolute Gasteiger partial charge is 0.306 e. The fraction of sp³-hybridized carbons (Fsp3) is 0.478. The number of rotatable bonds is 19. The van der Waals surface area contributed by atoms with Gasteiger partial charge < -0.3 is 77.7 Å². The van der Waals surface area contributed by atoms with Crippen LogP contribution in [0.25, 0.3) is 32.7 Å². The average Bonchev–Trinajstić information content (AvgIpc) is 1.32. The Kier molecular flexibility index (Phi) is 35.6. The molecular weight excluding hydrogens is 1660 g/mol. The molecule has 7 aromatic heterocycles. The topological polar surface area (TPSA) is 482 Å². The third-order valence-corrected chi connectivity index (χ3v) is 21.6. The monoisotopic (exact) mass is 1780 g/mol. The SMILES string of the molecule is CC(C)(C)OC(=O)C[C@H]1CCCC[C@H]1N.CC(C)(C)OC(=O)C[C@H]1CCCC[C@H]1Nc1cnc(C#N)c(Cl)n1.CC(C)(C)OC(=O)C[C@H]1CCCC[C@H]1Nc1cnc(C#N)c(Nc2cccc3cc[nH]c23)n1.CC(C)(C)OC(=O)C[C@H]1CCCC[C@H]1Nc1cnc(C(N)=O)c(Nc2cccc3cc[nH]c23)n1.N#Cc1ncc(Cl)nc1Cl.Nc1cccc2cc[nH]c12. The number of benzene rings is 3. The van der Waals surface area contributed by atoms with Gasteiger partial charge in [-0.25, -0.2) is 39.9 Å². The van der Waals surface area contributed by atoms with Gasteiger partial charge in [0.25, 0.3) is 5.91 Å². The van der Waals surface area contributed by atoms with Crippen LogP contribution in [0.3, 0.4) is 0 Å². The lowest BCUT2D eigenvalue weighted by Gasteiger charge is -2.32. The van der Waals surface area contributed by atoms with Crippen LogP contribution in [0, 0.1) is 57.7 Å². The highest BCUT2D eigenvalue weighted by atomic mass is 35.5. The number of H-pyrrole nitrogens is 3. The number of esters is 4. The molecule has 14 rings (SSSR count). The summed E-state index contributed by atoms with van der Waals surface area (Å²) in [4.78, 5) is 103. The second-order valence-electron chi connectivity index (χ2n) is 35.6. The first kappa shape index (κ1) is 97.9. The molecule has 0 bridgehead atoms. The lowest BCUT2D eigenvalue weighted by molar-refractivity contribution is -0.157. The normalized spacial score (nSPS) is 18.6. The highest BCUT2D eigenvalue weighted by Crippen LogP contribution is 2.37. The molecule has 0 saturated heterocycles. The van der Waals surface area contributed by atoms with Crippen molar-refractivity contribution < 1.29 is 42.9 Å². The van der Waals surface area contributed by atoms with Crippen molar-refractivity contribution in [2.24, 2.45) is 35.1 Å². The van der Waals surface area contributed by atoms with Crippen LogP contribution in [0.15, 0.2) is 116 Å². The number of primary amides is 1. The summed E-state index contributed by atoms with van der Waals surface area (Å²) >= 11 is 16.8. The number of nitrogen functional groups attached to an aromatic ring is 1. The summed E-state index contributed by atoms with van der Waals surface area (Å²) < 4.78 is 21.8. The van der Waals surface area contributed by atoms with Crippen molar-refractivity contribution in [3.8, 4) is 18.2 Å². The van der Waals surface area contributed by atoms with E-state index in [9.17, 15) is 29.2 Å². The maximum atomic E-state index is 12.4. The van der Waals surface area contributed by atoms with Crippen LogP contribution < -0.4 is 43.8 Å². The van der Waals surface area contributed by atoms with Gasteiger partial charge >= 0.3 is 23.9 Å². The molecule has 4 aliphatic carbocycles. The van der Waals surface area contributed by atoms with Crippen LogP contribution in [0.1, 0.15) is 239 Å². The summed E-state index contributed by atoms with van der Waals surface area (Å²) in [5.41, 5.74) is 21.1. The molecule has 4 aliphatic rings. The zero-order valence-corrected chi connectivity index (χ0v) is 76.0. The summed E-state index contributed by atoms with van der Waals surface area (Å²) in [5, 5.41) is 47.0. The number of aromatic amines is 3. The first-order valence-electron chi connectivity index (χ1n) is 42.6. The number of carbonyl (C=O) groups excluding carboxylic acids is 5. The minimum atomic E-state index is -0.666. The van der Waals surface area contributed by atoms with Gasteiger partial charge in [0.05, 0.1) is 77.7 Å². The number of nitrogens with zero attached hydrogens (tertiary/aromatic N) is 11. The van der Waals surface area contributed by atoms with Crippen LogP contribution >= 0.6 is 34.8 Å². The van der Waals surface area contributed by atoms with Crippen molar-refractivity contribution in [1.29, 1.82) is 15.8 Å². The predicted molar refractivity (Wildman–Crippen MR) is 492 cm³/mol. The maximum absolute atomic E-state index is 12.4. The Balaban J connectivity index is 0.000000181. The number of nitrogens with two attached hydrogens (primary N) is 3. The molecular formula is C92H117Cl3N22O9. The Morgan fingerprint density at radius 2 is 0.770 bits per heavy atom. The molecule has 14 N–H and O–H groups in total. The number of hydrogen-bond acceptors (Lipinski definition) is 27. The van der Waals surface area contributed by atoms with Gasteiger partial charge in [0, 0.05) is 65.3 Å². The van der Waals surface area contributed by atoms with Crippen molar-refractivity contribution in [2.75, 3.05) is 32.3 Å². The number of fused-ring (bicyclic) bond motifs is 3. The second kappa shape index (κ2) is 45.8. The lowest BCUT2D eigenvalue weighted by atomic mass is 9.82. The number of aromatic nitrogens is 11. The fourth-order valence-electron chi connectivity index (χ4n) is 15.4. The molecule has 31 nitrogen and oxygen atoms in total. The lowest BCUT2D eigenvalue weighted by Crippen LogP contribution is -2.36. The summed E-state index contributed by atoms with van der Waals surface area (Å²) in [6.07, 6.45) is 29.8. The number of carbonyl (C=O) groups is 5. The van der Waals surface area contributed by atoms with Crippen LogP contribution in [0.5, 0.6) is 0 Å². The third kappa shape index (κ3) is 31.3.